The number of nitrogens with zero attached hydrogens (tertiary/aromatic N) is 1. The van der Waals surface area contributed by atoms with E-state index >= 15 is 0 Å². The first-order valence-electron chi connectivity index (χ1n) is 8.10. The largest absolute Gasteiger partial charge is 0.260 e. The van der Waals surface area contributed by atoms with E-state index in [-0.39, 0.29) is 5.41 Å². The van der Waals surface area contributed by atoms with Crippen molar-refractivity contribution in [2.24, 2.45) is 5.92 Å². The Morgan fingerprint density at radius 3 is 2.85 bits per heavy atom. The molecule has 1 aromatic rings. The van der Waals surface area contributed by atoms with Gasteiger partial charge in [-0.15, -0.1) is 6.58 Å². The van der Waals surface area contributed by atoms with Crippen LogP contribution in [0.2, 0.25) is 0 Å². The summed E-state index contributed by atoms with van der Waals surface area (Å²) in [5.74, 6) is 0.877. The Morgan fingerprint density at radius 2 is 2.15 bits per heavy atom. The maximum Gasteiger partial charge on any atom is 0.0491 e. The van der Waals surface area contributed by atoms with E-state index < -0.39 is 0 Å². The topological polar surface area (TPSA) is 12.9 Å². The van der Waals surface area contributed by atoms with Gasteiger partial charge in [-0.2, -0.15) is 0 Å². The van der Waals surface area contributed by atoms with Crippen LogP contribution in [0.4, 0.5) is 0 Å². The molecule has 0 fully saturated rings. The highest BCUT2D eigenvalue weighted by atomic mass is 14.7. The molecule has 110 valence electrons. The third kappa shape index (κ3) is 3.71. The van der Waals surface area contributed by atoms with Crippen LogP contribution in [-0.2, 0) is 18.3 Å². The monoisotopic (exact) mass is 271 g/mol. The second kappa shape index (κ2) is 6.56. The van der Waals surface area contributed by atoms with Gasteiger partial charge in [0.2, 0.25) is 0 Å². The van der Waals surface area contributed by atoms with Gasteiger partial charge in [-0.05, 0) is 55.2 Å². The molecule has 1 unspecified atom stereocenters. The van der Waals surface area contributed by atoms with Crippen LogP contribution in [0.1, 0.15) is 69.7 Å². The lowest BCUT2D eigenvalue weighted by molar-refractivity contribution is 0.404. The van der Waals surface area contributed by atoms with Gasteiger partial charge in [0.05, 0.1) is 0 Å². The molecule has 1 aliphatic carbocycles. The van der Waals surface area contributed by atoms with E-state index in [0.29, 0.717) is 0 Å². The van der Waals surface area contributed by atoms with Crippen molar-refractivity contribution in [3.8, 4) is 0 Å². The normalized spacial score (nSPS) is 18.6. The molecule has 1 heterocycles. The molecule has 0 saturated carbocycles. The molecular weight excluding hydrogens is 242 g/mol. The first-order chi connectivity index (χ1) is 9.52. The number of unbranched alkanes of at least 4 members (excludes halogenated alkanes) is 2. The zero-order valence-corrected chi connectivity index (χ0v) is 13.4. The highest BCUT2D eigenvalue weighted by Crippen LogP contribution is 2.34. The third-order valence-corrected chi connectivity index (χ3v) is 4.45. The fourth-order valence-corrected chi connectivity index (χ4v) is 3.38. The number of hydrogen-bond acceptors (Lipinski definition) is 1. The number of allylic oxidation sites excluding steroid dienone is 1. The number of hydrogen-bond donors (Lipinski definition) is 0. The maximum absolute atomic E-state index is 4.66. The minimum atomic E-state index is 0.169. The van der Waals surface area contributed by atoms with Crippen molar-refractivity contribution >= 4 is 0 Å². The van der Waals surface area contributed by atoms with Gasteiger partial charge in [-0.1, -0.05) is 39.7 Å². The summed E-state index contributed by atoms with van der Waals surface area (Å²) in [5, 5.41) is 0. The van der Waals surface area contributed by atoms with Crippen molar-refractivity contribution in [1.29, 1.82) is 0 Å². The molecule has 2 rings (SSSR count). The smallest absolute Gasteiger partial charge is 0.0491 e. The second-order valence-corrected chi connectivity index (χ2v) is 7.23. The fourth-order valence-electron chi connectivity index (χ4n) is 3.38. The van der Waals surface area contributed by atoms with E-state index in [1.807, 2.05) is 12.3 Å². The van der Waals surface area contributed by atoms with Crippen LogP contribution < -0.4 is 0 Å². The van der Waals surface area contributed by atoms with Crippen molar-refractivity contribution in [3.63, 3.8) is 0 Å². The van der Waals surface area contributed by atoms with Crippen molar-refractivity contribution in [2.75, 3.05) is 0 Å². The van der Waals surface area contributed by atoms with Crippen LogP contribution in [0, 0.1) is 5.92 Å². The number of fused-ring (bicyclic) bond motifs is 1. The van der Waals surface area contributed by atoms with Crippen LogP contribution in [0.25, 0.3) is 0 Å². The van der Waals surface area contributed by atoms with Crippen LogP contribution in [0.5, 0.6) is 0 Å². The summed E-state index contributed by atoms with van der Waals surface area (Å²) < 4.78 is 0. The Hall–Kier alpha value is -1.11. The predicted octanol–water partition coefficient (Wildman–Crippen LogP) is 5.23. The Kier molecular flexibility index (Phi) is 5.01. The third-order valence-electron chi connectivity index (χ3n) is 4.45. The Morgan fingerprint density at radius 1 is 1.35 bits per heavy atom. The van der Waals surface area contributed by atoms with Crippen molar-refractivity contribution < 1.29 is 0 Å². The highest BCUT2D eigenvalue weighted by molar-refractivity contribution is 5.36. The first-order valence-corrected chi connectivity index (χ1v) is 8.10. The predicted molar refractivity (Wildman–Crippen MR) is 87.1 cm³/mol. The Bertz CT molecular complexity index is 453. The summed E-state index contributed by atoms with van der Waals surface area (Å²) in [6.07, 6.45) is 13.1. The molecule has 0 amide bonds. The lowest BCUT2D eigenvalue weighted by Crippen LogP contribution is -2.22. The van der Waals surface area contributed by atoms with Crippen LogP contribution in [0.3, 0.4) is 0 Å². The molecule has 1 heteroatoms. The van der Waals surface area contributed by atoms with Gasteiger partial charge in [0.15, 0.2) is 0 Å². The number of pyridine rings is 1. The first kappa shape index (κ1) is 15.3. The minimum Gasteiger partial charge on any atom is -0.260 e. The van der Waals surface area contributed by atoms with Gasteiger partial charge in [0, 0.05) is 17.3 Å². The molecule has 1 nitrogen and oxygen atoms in total. The Labute approximate surface area is 124 Å². The summed E-state index contributed by atoms with van der Waals surface area (Å²) in [6.45, 7) is 10.6. The van der Waals surface area contributed by atoms with Gasteiger partial charge in [-0.25, -0.2) is 0 Å². The molecule has 1 aromatic heterocycles. The molecule has 0 bridgehead atoms. The van der Waals surface area contributed by atoms with Crippen molar-refractivity contribution in [3.05, 3.63) is 41.7 Å². The zero-order valence-electron chi connectivity index (χ0n) is 13.4. The van der Waals surface area contributed by atoms with Crippen molar-refractivity contribution in [2.45, 2.75) is 71.1 Å². The number of rotatable bonds is 5. The lowest BCUT2D eigenvalue weighted by atomic mass is 9.77. The molecule has 0 spiro atoms. The maximum atomic E-state index is 4.66. The highest BCUT2D eigenvalue weighted by Gasteiger charge is 2.26. The lowest BCUT2D eigenvalue weighted by Gasteiger charge is -2.29. The average Bonchev–Trinajstić information content (AvgIpc) is 2.41. The van der Waals surface area contributed by atoms with Crippen LogP contribution in [0.15, 0.2) is 24.9 Å². The van der Waals surface area contributed by atoms with Gasteiger partial charge in [0.1, 0.15) is 0 Å². The van der Waals surface area contributed by atoms with Gasteiger partial charge < -0.3 is 0 Å². The molecular formula is C19H29N. The average molecular weight is 271 g/mol. The standard InChI is InChI=1S/C19H29N/c1-5-6-7-8-9-15-10-11-17-16(14-15)12-13-20-18(17)19(2,3)4/h5,12-13,15H,1,6-11,14H2,2-4H3. The SMILES string of the molecule is C=CCCCCC1CCc2c(ccnc2C(C)(C)C)C1. The van der Waals surface area contributed by atoms with Crippen molar-refractivity contribution in [1.82, 2.24) is 4.98 Å². The van der Waals surface area contributed by atoms with E-state index in [1.54, 1.807) is 11.1 Å². The molecule has 0 radical (unpaired) electrons. The second-order valence-electron chi connectivity index (χ2n) is 7.23. The zero-order chi connectivity index (χ0) is 14.6. The van der Waals surface area contributed by atoms with E-state index in [4.69, 9.17) is 0 Å². The molecule has 1 aliphatic rings. The van der Waals surface area contributed by atoms with Crippen LogP contribution >= 0.6 is 0 Å². The summed E-state index contributed by atoms with van der Waals surface area (Å²) in [7, 11) is 0. The minimum absolute atomic E-state index is 0.169. The van der Waals surface area contributed by atoms with E-state index in [9.17, 15) is 0 Å². The molecule has 0 aliphatic heterocycles. The summed E-state index contributed by atoms with van der Waals surface area (Å²) in [6, 6.07) is 2.25. The molecule has 0 aromatic carbocycles. The number of aromatic nitrogens is 1. The Balaban J connectivity index is 2.02. The summed E-state index contributed by atoms with van der Waals surface area (Å²) >= 11 is 0. The van der Waals surface area contributed by atoms with Gasteiger partial charge in [-0.3, -0.25) is 4.98 Å². The molecule has 20 heavy (non-hydrogen) atoms. The molecule has 0 N–H and O–H groups in total. The van der Waals surface area contributed by atoms with Gasteiger partial charge >= 0.3 is 0 Å². The summed E-state index contributed by atoms with van der Waals surface area (Å²) in [4.78, 5) is 4.66. The fraction of sp³-hybridized carbons (Fsp3) is 0.632. The molecule has 0 saturated heterocycles. The quantitative estimate of drug-likeness (QED) is 0.528. The van der Waals surface area contributed by atoms with E-state index in [1.165, 1.54) is 50.6 Å². The van der Waals surface area contributed by atoms with E-state index in [2.05, 4.69) is 38.4 Å². The summed E-state index contributed by atoms with van der Waals surface area (Å²) in [5.41, 5.74) is 4.59. The molecule has 1 atom stereocenters. The van der Waals surface area contributed by atoms with Crippen LogP contribution in [-0.4, -0.2) is 4.98 Å². The van der Waals surface area contributed by atoms with E-state index in [0.717, 1.165) is 5.92 Å². The van der Waals surface area contributed by atoms with Gasteiger partial charge in [0.25, 0.3) is 0 Å².